The number of carbonyl (C=O) groups is 2. The Hall–Kier alpha value is -3.77. The summed E-state index contributed by atoms with van der Waals surface area (Å²) in [5, 5.41) is 6.24. The highest BCUT2D eigenvalue weighted by atomic mass is 32.1. The summed E-state index contributed by atoms with van der Waals surface area (Å²) in [7, 11) is 0. The highest BCUT2D eigenvalue weighted by Crippen LogP contribution is 2.31. The summed E-state index contributed by atoms with van der Waals surface area (Å²) in [5.41, 5.74) is 3.59. The van der Waals surface area contributed by atoms with Crippen molar-refractivity contribution >= 4 is 33.8 Å². The van der Waals surface area contributed by atoms with Crippen LogP contribution in [0.2, 0.25) is 0 Å². The molecule has 31 heavy (non-hydrogen) atoms. The normalized spacial score (nSPS) is 10.5. The van der Waals surface area contributed by atoms with Gasteiger partial charge in [0.25, 0.3) is 11.8 Å². The summed E-state index contributed by atoms with van der Waals surface area (Å²) in [6, 6.07) is 24.6. The van der Waals surface area contributed by atoms with Crippen molar-refractivity contribution in [1.29, 1.82) is 0 Å². The Morgan fingerprint density at radius 2 is 1.55 bits per heavy atom. The van der Waals surface area contributed by atoms with Crippen LogP contribution in [0.3, 0.4) is 0 Å². The zero-order chi connectivity index (χ0) is 21.8. The lowest BCUT2D eigenvalue weighted by Gasteiger charge is -2.11. The van der Waals surface area contributed by atoms with Crippen molar-refractivity contribution in [3.8, 4) is 11.1 Å². The zero-order valence-electron chi connectivity index (χ0n) is 16.7. The molecule has 0 saturated heterocycles. The second-order valence-corrected chi connectivity index (χ2v) is 8.01. The molecule has 0 radical (unpaired) electrons. The number of hydrogen-bond acceptors (Lipinski definition) is 3. The molecule has 0 aliphatic carbocycles. The lowest BCUT2D eigenvalue weighted by Crippen LogP contribution is -2.12. The molecule has 3 aromatic carbocycles. The van der Waals surface area contributed by atoms with Crippen LogP contribution in [-0.4, -0.2) is 11.8 Å². The number of amides is 2. The van der Waals surface area contributed by atoms with E-state index < -0.39 is 11.7 Å². The SMILES string of the molecule is Cc1cc(NC(=O)c2cccc(F)c2)sc1C(=O)Nc1ccccc1-c1ccccc1. The van der Waals surface area contributed by atoms with E-state index in [4.69, 9.17) is 0 Å². The molecule has 4 nitrogen and oxygen atoms in total. The first kappa shape index (κ1) is 20.5. The van der Waals surface area contributed by atoms with Gasteiger partial charge in [0, 0.05) is 16.8 Å². The topological polar surface area (TPSA) is 58.2 Å². The van der Waals surface area contributed by atoms with Gasteiger partial charge in [0.05, 0.1) is 9.88 Å². The highest BCUT2D eigenvalue weighted by Gasteiger charge is 2.17. The van der Waals surface area contributed by atoms with Gasteiger partial charge in [0.2, 0.25) is 0 Å². The van der Waals surface area contributed by atoms with Crippen molar-refractivity contribution < 1.29 is 14.0 Å². The average molecular weight is 431 g/mol. The van der Waals surface area contributed by atoms with E-state index in [1.807, 2.05) is 61.5 Å². The Morgan fingerprint density at radius 1 is 0.806 bits per heavy atom. The van der Waals surface area contributed by atoms with Gasteiger partial charge >= 0.3 is 0 Å². The Morgan fingerprint density at radius 3 is 2.32 bits per heavy atom. The maximum absolute atomic E-state index is 13.4. The van der Waals surface area contributed by atoms with E-state index in [9.17, 15) is 14.0 Å². The van der Waals surface area contributed by atoms with Gasteiger partial charge in [-0.3, -0.25) is 9.59 Å². The fraction of sp³-hybridized carbons (Fsp3) is 0.0400. The van der Waals surface area contributed by atoms with E-state index in [-0.39, 0.29) is 11.5 Å². The molecule has 0 spiro atoms. The number of aryl methyl sites for hydroxylation is 1. The number of benzene rings is 3. The lowest BCUT2D eigenvalue weighted by atomic mass is 10.0. The monoisotopic (exact) mass is 430 g/mol. The van der Waals surface area contributed by atoms with Gasteiger partial charge in [-0.15, -0.1) is 11.3 Å². The van der Waals surface area contributed by atoms with E-state index in [2.05, 4.69) is 10.6 Å². The van der Waals surface area contributed by atoms with Gasteiger partial charge in [-0.05, 0) is 48.4 Å². The van der Waals surface area contributed by atoms with E-state index in [1.165, 1.54) is 35.6 Å². The number of carbonyl (C=O) groups excluding carboxylic acids is 2. The van der Waals surface area contributed by atoms with Gasteiger partial charge in [-0.2, -0.15) is 0 Å². The molecule has 0 atom stereocenters. The minimum atomic E-state index is -0.479. The van der Waals surface area contributed by atoms with E-state index >= 15 is 0 Å². The molecule has 1 heterocycles. The standard InChI is InChI=1S/C25H19FN2O2S/c1-16-14-22(28-24(29)18-10-7-11-19(26)15-18)31-23(16)25(30)27-21-13-6-5-12-20(21)17-8-3-2-4-9-17/h2-15H,1H3,(H,27,30)(H,28,29). The van der Waals surface area contributed by atoms with Crippen LogP contribution in [0.5, 0.6) is 0 Å². The zero-order valence-corrected chi connectivity index (χ0v) is 17.5. The molecule has 0 fully saturated rings. The van der Waals surface area contributed by atoms with Crippen molar-refractivity contribution in [3.05, 3.63) is 107 Å². The molecule has 0 saturated carbocycles. The molecule has 0 unspecified atom stereocenters. The molecule has 6 heteroatoms. The number of nitrogens with one attached hydrogen (secondary N) is 2. The maximum Gasteiger partial charge on any atom is 0.266 e. The maximum atomic E-state index is 13.4. The van der Waals surface area contributed by atoms with Crippen LogP contribution >= 0.6 is 11.3 Å². The van der Waals surface area contributed by atoms with Crippen molar-refractivity contribution in [2.45, 2.75) is 6.92 Å². The summed E-state index contributed by atoms with van der Waals surface area (Å²) < 4.78 is 13.4. The molecule has 0 aliphatic rings. The minimum absolute atomic E-state index is 0.217. The van der Waals surface area contributed by atoms with Crippen LogP contribution in [-0.2, 0) is 0 Å². The van der Waals surface area contributed by atoms with Crippen molar-refractivity contribution in [1.82, 2.24) is 0 Å². The van der Waals surface area contributed by atoms with Gasteiger partial charge in [-0.25, -0.2) is 4.39 Å². The molecular formula is C25H19FN2O2S. The average Bonchev–Trinajstić information content (AvgIpc) is 3.14. The number of halogens is 1. The van der Waals surface area contributed by atoms with Gasteiger partial charge in [0.15, 0.2) is 0 Å². The first-order valence-corrected chi connectivity index (χ1v) is 10.5. The number of para-hydroxylation sites is 1. The van der Waals surface area contributed by atoms with E-state index in [0.29, 0.717) is 15.6 Å². The third-order valence-electron chi connectivity index (χ3n) is 4.71. The molecule has 1 aromatic heterocycles. The van der Waals surface area contributed by atoms with Gasteiger partial charge in [0.1, 0.15) is 5.82 Å². The van der Waals surface area contributed by atoms with Crippen molar-refractivity contribution in [3.63, 3.8) is 0 Å². The first-order chi connectivity index (χ1) is 15.0. The minimum Gasteiger partial charge on any atom is -0.321 e. The molecule has 2 N–H and O–H groups in total. The number of rotatable bonds is 5. The number of hydrogen-bond donors (Lipinski definition) is 2. The van der Waals surface area contributed by atoms with Crippen LogP contribution in [0.1, 0.15) is 25.6 Å². The van der Waals surface area contributed by atoms with Gasteiger partial charge < -0.3 is 10.6 Å². The predicted molar refractivity (Wildman–Crippen MR) is 123 cm³/mol. The van der Waals surface area contributed by atoms with Crippen molar-refractivity contribution in [2.75, 3.05) is 10.6 Å². The molecular weight excluding hydrogens is 411 g/mol. The smallest absolute Gasteiger partial charge is 0.266 e. The Bertz CT molecular complexity index is 1250. The second-order valence-electron chi connectivity index (χ2n) is 6.95. The summed E-state index contributed by atoms with van der Waals surface area (Å²) >= 11 is 1.18. The van der Waals surface area contributed by atoms with Gasteiger partial charge in [-0.1, -0.05) is 54.6 Å². The second kappa shape index (κ2) is 8.93. The third-order valence-corrected chi connectivity index (χ3v) is 5.86. The lowest BCUT2D eigenvalue weighted by molar-refractivity contribution is 0.102. The molecule has 2 amide bonds. The van der Waals surface area contributed by atoms with Crippen LogP contribution in [0.15, 0.2) is 84.9 Å². The van der Waals surface area contributed by atoms with Crippen LogP contribution in [0.4, 0.5) is 15.1 Å². The summed E-state index contributed by atoms with van der Waals surface area (Å²) in [6.07, 6.45) is 0. The summed E-state index contributed by atoms with van der Waals surface area (Å²) in [6.45, 7) is 1.81. The Labute approximate surface area is 183 Å². The third kappa shape index (κ3) is 4.70. The quantitative estimate of drug-likeness (QED) is 0.387. The fourth-order valence-corrected chi connectivity index (χ4v) is 4.19. The van der Waals surface area contributed by atoms with E-state index in [0.717, 1.165) is 16.7 Å². The molecule has 0 bridgehead atoms. The summed E-state index contributed by atoms with van der Waals surface area (Å²) in [4.78, 5) is 25.8. The number of anilines is 2. The first-order valence-electron chi connectivity index (χ1n) is 9.64. The van der Waals surface area contributed by atoms with Crippen LogP contribution < -0.4 is 10.6 Å². The molecule has 154 valence electrons. The number of thiophene rings is 1. The van der Waals surface area contributed by atoms with E-state index in [1.54, 1.807) is 6.07 Å². The molecule has 0 aliphatic heterocycles. The highest BCUT2D eigenvalue weighted by molar-refractivity contribution is 7.18. The Kier molecular flexibility index (Phi) is 5.91. The van der Waals surface area contributed by atoms with Crippen LogP contribution in [0, 0.1) is 12.7 Å². The fourth-order valence-electron chi connectivity index (χ4n) is 3.22. The van der Waals surface area contributed by atoms with Crippen LogP contribution in [0.25, 0.3) is 11.1 Å². The Balaban J connectivity index is 1.53. The largest absolute Gasteiger partial charge is 0.321 e. The predicted octanol–water partition coefficient (Wildman–Crippen LogP) is 6.37. The summed E-state index contributed by atoms with van der Waals surface area (Å²) in [5.74, 6) is -1.16. The molecule has 4 aromatic rings. The van der Waals surface area contributed by atoms with Crippen molar-refractivity contribution in [2.24, 2.45) is 0 Å². The molecule has 4 rings (SSSR count).